The Morgan fingerprint density at radius 2 is 1.96 bits per heavy atom. The Hall–Kier alpha value is -5.21. The first-order valence-electron chi connectivity index (χ1n) is 14.7. The molecule has 1 amide bonds. The van der Waals surface area contributed by atoms with Gasteiger partial charge in [-0.1, -0.05) is 47.8 Å². The van der Waals surface area contributed by atoms with Crippen molar-refractivity contribution in [3.8, 4) is 5.19 Å². The minimum absolute atomic E-state index is 0.0340. The van der Waals surface area contributed by atoms with E-state index in [9.17, 15) is 19.2 Å². The number of nitrogens with one attached hydrogen (secondary N) is 1. The van der Waals surface area contributed by atoms with E-state index < -0.39 is 41.6 Å². The van der Waals surface area contributed by atoms with Crippen LogP contribution in [0.4, 0.5) is 4.79 Å². The Balaban J connectivity index is 1.40. The molecule has 3 aromatic rings. The summed E-state index contributed by atoms with van der Waals surface area (Å²) in [7, 11) is 1.20. The van der Waals surface area contributed by atoms with Crippen molar-refractivity contribution in [3.63, 3.8) is 0 Å². The summed E-state index contributed by atoms with van der Waals surface area (Å²) >= 11 is 0.903. The standard InChI is InChI=1S/C33H34N4O9S/c1-33(2,3)46-32(41)37-15-20(21-12-8-9-13-24(21)37)14-22(30(40)45-31-36-23(18-47-31)29(39)42-4)35-28(38)27(34)26-17-43-16-25(44-26)19-10-6-5-7-11-19/h5-6,8-10,12-13,15-18,22,27H,7,11,14,34H2,1-4H3,(H,35,38). The summed E-state index contributed by atoms with van der Waals surface area (Å²) in [6.07, 6.45) is 10.8. The number of aromatic nitrogens is 2. The van der Waals surface area contributed by atoms with Gasteiger partial charge in [0.25, 0.3) is 5.19 Å². The molecule has 1 aromatic carbocycles. The summed E-state index contributed by atoms with van der Waals surface area (Å²) in [4.78, 5) is 56.1. The van der Waals surface area contributed by atoms with Gasteiger partial charge < -0.3 is 34.7 Å². The molecule has 0 spiro atoms. The van der Waals surface area contributed by atoms with Crippen LogP contribution in [0.3, 0.4) is 0 Å². The van der Waals surface area contributed by atoms with Gasteiger partial charge in [-0.3, -0.25) is 9.36 Å². The number of ether oxygens (including phenoxy) is 5. The number of carbonyl (C=O) groups is 4. The van der Waals surface area contributed by atoms with E-state index in [0.717, 1.165) is 29.8 Å². The molecule has 14 heteroatoms. The van der Waals surface area contributed by atoms with E-state index in [2.05, 4.69) is 15.0 Å². The predicted octanol–water partition coefficient (Wildman–Crippen LogP) is 4.63. The normalized spacial score (nSPS) is 15.6. The number of nitrogens with zero attached hydrogens (tertiary/aromatic N) is 2. The Morgan fingerprint density at radius 1 is 1.17 bits per heavy atom. The molecule has 5 rings (SSSR count). The zero-order chi connectivity index (χ0) is 33.7. The molecule has 3 N–H and O–H groups in total. The molecule has 3 heterocycles. The molecule has 0 saturated carbocycles. The fourth-order valence-corrected chi connectivity index (χ4v) is 5.41. The van der Waals surface area contributed by atoms with Crippen LogP contribution in [-0.2, 0) is 35.0 Å². The number of fused-ring (bicyclic) bond motifs is 1. The van der Waals surface area contributed by atoms with Crippen LogP contribution in [0.2, 0.25) is 0 Å². The minimum Gasteiger partial charge on any atom is -0.465 e. The number of nitrogens with two attached hydrogens (primary N) is 1. The molecule has 0 radical (unpaired) electrons. The first-order valence-corrected chi connectivity index (χ1v) is 15.5. The number of amides is 1. The second kappa shape index (κ2) is 14.1. The fourth-order valence-electron chi connectivity index (χ4n) is 4.76. The number of benzene rings is 1. The van der Waals surface area contributed by atoms with Crippen molar-refractivity contribution >= 4 is 46.2 Å². The Kier molecular flexibility index (Phi) is 9.92. The van der Waals surface area contributed by atoms with E-state index in [1.807, 2.05) is 18.2 Å². The van der Waals surface area contributed by atoms with Gasteiger partial charge in [-0.25, -0.2) is 14.4 Å². The van der Waals surface area contributed by atoms with Gasteiger partial charge in [-0.15, -0.1) is 0 Å². The number of carbonyl (C=O) groups excluding carboxylic acids is 4. The van der Waals surface area contributed by atoms with Gasteiger partial charge >= 0.3 is 18.0 Å². The van der Waals surface area contributed by atoms with Crippen molar-refractivity contribution < 1.29 is 42.9 Å². The third kappa shape index (κ3) is 7.96. The molecular weight excluding hydrogens is 628 g/mol. The van der Waals surface area contributed by atoms with Crippen molar-refractivity contribution in [2.24, 2.45) is 5.73 Å². The second-order valence-electron chi connectivity index (χ2n) is 11.6. The zero-order valence-corrected chi connectivity index (χ0v) is 27.0. The number of allylic oxidation sites excluding steroid dienone is 4. The van der Waals surface area contributed by atoms with Crippen LogP contribution in [0.5, 0.6) is 5.19 Å². The first kappa shape index (κ1) is 33.2. The van der Waals surface area contributed by atoms with E-state index >= 15 is 0 Å². The van der Waals surface area contributed by atoms with Crippen LogP contribution in [0, 0.1) is 0 Å². The highest BCUT2D eigenvalue weighted by Gasteiger charge is 2.32. The molecule has 2 unspecified atom stereocenters. The number of hydrogen-bond acceptors (Lipinski definition) is 12. The van der Waals surface area contributed by atoms with Crippen molar-refractivity contribution in [2.45, 2.75) is 57.7 Å². The minimum atomic E-state index is -1.36. The lowest BCUT2D eigenvalue weighted by atomic mass is 10.0. The number of hydrogen-bond donors (Lipinski definition) is 2. The number of esters is 2. The van der Waals surface area contributed by atoms with Crippen LogP contribution in [-0.4, -0.2) is 58.3 Å². The molecule has 2 aromatic heterocycles. The first-order chi connectivity index (χ1) is 22.4. The van der Waals surface area contributed by atoms with Gasteiger partial charge in [-0.2, -0.15) is 4.98 Å². The van der Waals surface area contributed by atoms with Crippen molar-refractivity contribution in [2.75, 3.05) is 7.11 Å². The average molecular weight is 663 g/mol. The topological polar surface area (TPSA) is 170 Å². The third-order valence-corrected chi connectivity index (χ3v) is 7.70. The summed E-state index contributed by atoms with van der Waals surface area (Å²) in [5.74, 6) is -1.89. The summed E-state index contributed by atoms with van der Waals surface area (Å²) in [5, 5.41) is 4.55. The smallest absolute Gasteiger partial charge is 0.419 e. The fraction of sp³-hybridized carbons (Fsp3) is 0.303. The number of methoxy groups -OCH3 is 1. The SMILES string of the molecule is COC(=O)c1csc(OC(=O)C(Cc2cn(C(=O)OC(C)(C)C)c3ccccc23)NC(=O)C(N)C2=COC=C(C3=CC=CCC3)O2)n1. The molecule has 0 fully saturated rings. The Labute approximate surface area is 274 Å². The van der Waals surface area contributed by atoms with Gasteiger partial charge in [-0.05, 0) is 50.8 Å². The van der Waals surface area contributed by atoms with Crippen LogP contribution in [0.25, 0.3) is 10.9 Å². The summed E-state index contributed by atoms with van der Waals surface area (Å²) in [6, 6.07) is 4.40. The summed E-state index contributed by atoms with van der Waals surface area (Å²) < 4.78 is 28.4. The molecular formula is C33H34N4O9S. The molecule has 1 aliphatic carbocycles. The maximum Gasteiger partial charge on any atom is 0.419 e. The molecule has 0 bridgehead atoms. The van der Waals surface area contributed by atoms with Crippen molar-refractivity contribution in [3.05, 3.63) is 94.9 Å². The average Bonchev–Trinajstić information content (AvgIpc) is 3.68. The Morgan fingerprint density at radius 3 is 2.68 bits per heavy atom. The van der Waals surface area contributed by atoms with Crippen LogP contribution < -0.4 is 15.8 Å². The predicted molar refractivity (Wildman–Crippen MR) is 171 cm³/mol. The largest absolute Gasteiger partial charge is 0.465 e. The lowest BCUT2D eigenvalue weighted by Crippen LogP contribution is -2.51. The lowest BCUT2D eigenvalue weighted by Gasteiger charge is -2.24. The molecule has 47 heavy (non-hydrogen) atoms. The number of thiazole rings is 1. The molecule has 0 saturated heterocycles. The van der Waals surface area contributed by atoms with Crippen LogP contribution >= 0.6 is 11.3 Å². The summed E-state index contributed by atoms with van der Waals surface area (Å²) in [6.45, 7) is 5.26. The molecule has 1 aliphatic heterocycles. The summed E-state index contributed by atoms with van der Waals surface area (Å²) in [5.41, 5.74) is 7.45. The quantitative estimate of drug-likeness (QED) is 0.306. The van der Waals surface area contributed by atoms with E-state index in [-0.39, 0.29) is 23.1 Å². The van der Waals surface area contributed by atoms with Crippen LogP contribution in [0.1, 0.15) is 49.7 Å². The van der Waals surface area contributed by atoms with Gasteiger partial charge in [0.1, 0.15) is 30.2 Å². The van der Waals surface area contributed by atoms with E-state index in [0.29, 0.717) is 22.2 Å². The molecule has 13 nitrogen and oxygen atoms in total. The number of rotatable bonds is 9. The zero-order valence-electron chi connectivity index (χ0n) is 26.2. The third-order valence-electron chi connectivity index (χ3n) is 6.98. The maximum atomic E-state index is 13.6. The highest BCUT2D eigenvalue weighted by atomic mass is 32.1. The molecule has 2 aliphatic rings. The second-order valence-corrected chi connectivity index (χ2v) is 12.4. The number of para-hydroxylation sites is 1. The van der Waals surface area contributed by atoms with E-state index in [1.54, 1.807) is 51.2 Å². The highest BCUT2D eigenvalue weighted by Crippen LogP contribution is 2.28. The van der Waals surface area contributed by atoms with Gasteiger partial charge in [0.2, 0.25) is 5.91 Å². The maximum absolute atomic E-state index is 13.6. The Bertz CT molecular complexity index is 1830. The monoisotopic (exact) mass is 662 g/mol. The highest BCUT2D eigenvalue weighted by molar-refractivity contribution is 7.11. The molecule has 2 atom stereocenters. The van der Waals surface area contributed by atoms with Gasteiger partial charge in [0, 0.05) is 23.4 Å². The van der Waals surface area contributed by atoms with Crippen LogP contribution in [0.15, 0.2) is 83.7 Å². The van der Waals surface area contributed by atoms with E-state index in [1.165, 1.54) is 29.6 Å². The lowest BCUT2D eigenvalue weighted by molar-refractivity contribution is -0.139. The van der Waals surface area contributed by atoms with Gasteiger partial charge in [0.05, 0.1) is 12.6 Å². The molecule has 246 valence electrons. The van der Waals surface area contributed by atoms with Gasteiger partial charge in [0.15, 0.2) is 17.2 Å². The van der Waals surface area contributed by atoms with Crippen molar-refractivity contribution in [1.82, 2.24) is 14.9 Å². The van der Waals surface area contributed by atoms with E-state index in [4.69, 9.17) is 24.7 Å². The van der Waals surface area contributed by atoms with Crippen molar-refractivity contribution in [1.29, 1.82) is 0 Å².